The van der Waals surface area contributed by atoms with E-state index in [0.29, 0.717) is 11.3 Å². The number of aromatic nitrogens is 3. The highest BCUT2D eigenvalue weighted by Gasteiger charge is 2.08. The van der Waals surface area contributed by atoms with Crippen LogP contribution >= 0.6 is 0 Å². The molecule has 0 saturated carbocycles. The van der Waals surface area contributed by atoms with E-state index in [1.54, 1.807) is 18.3 Å². The molecule has 98 valence electrons. The van der Waals surface area contributed by atoms with Crippen LogP contribution in [0.15, 0.2) is 54.9 Å². The van der Waals surface area contributed by atoms with Gasteiger partial charge in [0.1, 0.15) is 6.07 Å². The van der Waals surface area contributed by atoms with Crippen molar-refractivity contribution in [3.63, 3.8) is 0 Å². The van der Waals surface area contributed by atoms with Gasteiger partial charge in [0.05, 0.1) is 23.0 Å². The predicted octanol–water partition coefficient (Wildman–Crippen LogP) is 3.65. The Hall–Kier alpha value is -3.19. The molecule has 0 amide bonds. The zero-order valence-electron chi connectivity index (χ0n) is 11.0. The number of rotatable bonds is 1. The lowest BCUT2D eigenvalue weighted by Crippen LogP contribution is -1.88. The van der Waals surface area contributed by atoms with Crippen LogP contribution in [0.5, 0.6) is 0 Å². The number of hydrogen-bond acceptors (Lipinski definition) is 3. The first-order chi connectivity index (χ1) is 10.4. The summed E-state index contributed by atoms with van der Waals surface area (Å²) in [4.78, 5) is 4.35. The van der Waals surface area contributed by atoms with Gasteiger partial charge in [-0.05, 0) is 23.6 Å². The molecular weight excluding hydrogens is 260 g/mol. The maximum absolute atomic E-state index is 9.23. The summed E-state index contributed by atoms with van der Waals surface area (Å²) in [6, 6.07) is 16.0. The molecule has 4 nitrogen and oxygen atoms in total. The van der Waals surface area contributed by atoms with E-state index in [1.807, 2.05) is 24.4 Å². The van der Waals surface area contributed by atoms with E-state index in [0.717, 1.165) is 27.2 Å². The van der Waals surface area contributed by atoms with Crippen LogP contribution in [-0.4, -0.2) is 15.2 Å². The fourth-order valence-electron chi connectivity index (χ4n) is 2.61. The number of fused-ring (bicyclic) bond motifs is 3. The number of hydrogen-bond donors (Lipinski definition) is 1. The highest BCUT2D eigenvalue weighted by molar-refractivity contribution is 6.06. The maximum Gasteiger partial charge on any atom is 0.101 e. The second kappa shape index (κ2) is 4.43. The Labute approximate surface area is 120 Å². The predicted molar refractivity (Wildman–Crippen MR) is 81.5 cm³/mol. The lowest BCUT2D eigenvalue weighted by molar-refractivity contribution is 1.12. The van der Waals surface area contributed by atoms with Crippen LogP contribution in [-0.2, 0) is 0 Å². The number of H-pyrrole nitrogens is 1. The Morgan fingerprint density at radius 3 is 2.81 bits per heavy atom. The third-order valence-electron chi connectivity index (χ3n) is 3.64. The number of nitrogens with zero attached hydrogens (tertiary/aromatic N) is 3. The molecule has 0 aliphatic heterocycles. The van der Waals surface area contributed by atoms with Crippen LogP contribution in [0.2, 0.25) is 0 Å². The summed E-state index contributed by atoms with van der Waals surface area (Å²) in [5.41, 5.74) is 3.22. The van der Waals surface area contributed by atoms with E-state index < -0.39 is 0 Å². The smallest absolute Gasteiger partial charge is 0.101 e. The molecule has 0 saturated heterocycles. The van der Waals surface area contributed by atoms with E-state index in [1.165, 1.54) is 0 Å². The van der Waals surface area contributed by atoms with Crippen molar-refractivity contribution < 1.29 is 0 Å². The van der Waals surface area contributed by atoms with Gasteiger partial charge in [0.15, 0.2) is 0 Å². The highest BCUT2D eigenvalue weighted by atomic mass is 15.1. The van der Waals surface area contributed by atoms with Crippen molar-refractivity contribution in [1.29, 1.82) is 5.26 Å². The van der Waals surface area contributed by atoms with Crippen molar-refractivity contribution in [2.24, 2.45) is 0 Å². The lowest BCUT2D eigenvalue weighted by Gasteiger charge is -2.05. The van der Waals surface area contributed by atoms with Crippen LogP contribution in [0.3, 0.4) is 0 Å². The summed E-state index contributed by atoms with van der Waals surface area (Å²) >= 11 is 0. The topological polar surface area (TPSA) is 65.4 Å². The number of benzene rings is 2. The molecule has 0 spiro atoms. The van der Waals surface area contributed by atoms with Gasteiger partial charge in [-0.15, -0.1) is 0 Å². The number of aromatic amines is 1. The molecule has 0 atom stereocenters. The van der Waals surface area contributed by atoms with Crippen LogP contribution in [0.25, 0.3) is 32.9 Å². The van der Waals surface area contributed by atoms with Crippen LogP contribution in [0.4, 0.5) is 0 Å². The minimum Gasteiger partial charge on any atom is -0.277 e. The minimum atomic E-state index is 0.577. The Kier molecular flexibility index (Phi) is 2.45. The summed E-state index contributed by atoms with van der Waals surface area (Å²) in [7, 11) is 0. The molecule has 21 heavy (non-hydrogen) atoms. The van der Waals surface area contributed by atoms with Crippen molar-refractivity contribution >= 4 is 21.7 Å². The zero-order valence-corrected chi connectivity index (χ0v) is 11.0. The first kappa shape index (κ1) is 11.6. The van der Waals surface area contributed by atoms with Gasteiger partial charge in [0.25, 0.3) is 0 Å². The zero-order chi connectivity index (χ0) is 14.2. The van der Waals surface area contributed by atoms with Gasteiger partial charge in [0, 0.05) is 22.5 Å². The molecule has 1 N–H and O–H groups in total. The van der Waals surface area contributed by atoms with E-state index in [2.05, 4.69) is 33.4 Å². The quantitative estimate of drug-likeness (QED) is 0.574. The summed E-state index contributed by atoms with van der Waals surface area (Å²) in [5, 5.41) is 19.6. The molecule has 2 heterocycles. The molecule has 2 aromatic heterocycles. The van der Waals surface area contributed by atoms with Gasteiger partial charge in [-0.1, -0.05) is 24.3 Å². The maximum atomic E-state index is 9.23. The average Bonchev–Trinajstić information content (AvgIpc) is 3.03. The largest absolute Gasteiger partial charge is 0.277 e. The minimum absolute atomic E-state index is 0.577. The van der Waals surface area contributed by atoms with Gasteiger partial charge in [-0.3, -0.25) is 10.1 Å². The lowest BCUT2D eigenvalue weighted by atomic mass is 10.0. The fourth-order valence-corrected chi connectivity index (χ4v) is 2.61. The Morgan fingerprint density at radius 2 is 1.90 bits per heavy atom. The van der Waals surface area contributed by atoms with Crippen LogP contribution in [0.1, 0.15) is 5.56 Å². The summed E-state index contributed by atoms with van der Waals surface area (Å²) < 4.78 is 0. The molecule has 0 radical (unpaired) electrons. The SMILES string of the molecule is N#Cc1cccnc1-c1ccc2ccc3cn[nH]c3c2c1. The fraction of sp³-hybridized carbons (Fsp3) is 0. The normalized spacial score (nSPS) is 10.8. The standard InChI is InChI=1S/C17H10N4/c18-9-13-2-1-7-19-16(13)12-5-3-11-4-6-14-10-20-21-17(14)15(11)8-12/h1-8,10H,(H,20,21). The molecule has 4 heteroatoms. The first-order valence-corrected chi connectivity index (χ1v) is 6.58. The molecule has 4 aromatic rings. The molecule has 0 fully saturated rings. The van der Waals surface area contributed by atoms with E-state index in [9.17, 15) is 5.26 Å². The molecule has 0 aliphatic rings. The summed E-state index contributed by atoms with van der Waals surface area (Å²) in [6.07, 6.45) is 3.51. The van der Waals surface area contributed by atoms with Crippen molar-refractivity contribution in [1.82, 2.24) is 15.2 Å². The van der Waals surface area contributed by atoms with Crippen molar-refractivity contribution in [3.05, 3.63) is 60.4 Å². The highest BCUT2D eigenvalue weighted by Crippen LogP contribution is 2.29. The van der Waals surface area contributed by atoms with E-state index in [4.69, 9.17) is 0 Å². The summed E-state index contributed by atoms with van der Waals surface area (Å²) in [5.74, 6) is 0. The van der Waals surface area contributed by atoms with Gasteiger partial charge >= 0.3 is 0 Å². The van der Waals surface area contributed by atoms with Crippen molar-refractivity contribution in [3.8, 4) is 17.3 Å². The summed E-state index contributed by atoms with van der Waals surface area (Å²) in [6.45, 7) is 0. The van der Waals surface area contributed by atoms with Crippen molar-refractivity contribution in [2.45, 2.75) is 0 Å². The third kappa shape index (κ3) is 1.76. The van der Waals surface area contributed by atoms with E-state index in [-0.39, 0.29) is 0 Å². The van der Waals surface area contributed by atoms with Crippen LogP contribution < -0.4 is 0 Å². The number of nitriles is 1. The Bertz CT molecular complexity index is 1010. The number of pyridine rings is 1. The molecule has 4 rings (SSSR count). The number of nitrogens with one attached hydrogen (secondary N) is 1. The molecule has 0 unspecified atom stereocenters. The second-order valence-electron chi connectivity index (χ2n) is 4.85. The van der Waals surface area contributed by atoms with Gasteiger partial charge in [-0.2, -0.15) is 10.4 Å². The van der Waals surface area contributed by atoms with Gasteiger partial charge in [-0.25, -0.2) is 0 Å². The van der Waals surface area contributed by atoms with Gasteiger partial charge < -0.3 is 0 Å². The van der Waals surface area contributed by atoms with Crippen molar-refractivity contribution in [2.75, 3.05) is 0 Å². The Balaban J connectivity index is 2.04. The van der Waals surface area contributed by atoms with Gasteiger partial charge in [0.2, 0.25) is 0 Å². The van der Waals surface area contributed by atoms with E-state index >= 15 is 0 Å². The second-order valence-corrected chi connectivity index (χ2v) is 4.85. The molecule has 2 aromatic carbocycles. The molecular formula is C17H10N4. The van der Waals surface area contributed by atoms with Crippen LogP contribution in [0, 0.1) is 11.3 Å². The monoisotopic (exact) mass is 270 g/mol. The average molecular weight is 270 g/mol. The molecule has 0 bridgehead atoms. The third-order valence-corrected chi connectivity index (χ3v) is 3.64. The molecule has 0 aliphatic carbocycles. The first-order valence-electron chi connectivity index (χ1n) is 6.58. The Morgan fingerprint density at radius 1 is 1.05 bits per heavy atom.